The van der Waals surface area contributed by atoms with E-state index in [1.54, 1.807) is 0 Å². The molecule has 1 unspecified atom stereocenters. The van der Waals surface area contributed by atoms with Crippen molar-refractivity contribution in [3.05, 3.63) is 68.1 Å². The first-order valence-electron chi connectivity index (χ1n) is 5.74. The Bertz CT molecular complexity index is 532. The molecule has 1 N–H and O–H groups in total. The van der Waals surface area contributed by atoms with Crippen LogP contribution in [0.5, 0.6) is 0 Å². The SMILES string of the molecule is Cc1cccc(CC(O)c2cc(Br)cc(Br)c2)c1. The number of rotatable bonds is 3. The van der Waals surface area contributed by atoms with Gasteiger partial charge in [-0.1, -0.05) is 61.7 Å². The predicted molar refractivity (Wildman–Crippen MR) is 81.7 cm³/mol. The van der Waals surface area contributed by atoms with Crippen molar-refractivity contribution in [2.45, 2.75) is 19.4 Å². The van der Waals surface area contributed by atoms with Crippen molar-refractivity contribution in [2.75, 3.05) is 0 Å². The Morgan fingerprint density at radius 3 is 2.33 bits per heavy atom. The minimum Gasteiger partial charge on any atom is -0.388 e. The van der Waals surface area contributed by atoms with Crippen LogP contribution in [0.25, 0.3) is 0 Å². The number of hydrogen-bond acceptors (Lipinski definition) is 1. The third-order valence-corrected chi connectivity index (χ3v) is 3.70. The lowest BCUT2D eigenvalue weighted by Gasteiger charge is -2.12. The summed E-state index contributed by atoms with van der Waals surface area (Å²) < 4.78 is 1.94. The lowest BCUT2D eigenvalue weighted by molar-refractivity contribution is 0.178. The van der Waals surface area contributed by atoms with Gasteiger partial charge in [-0.05, 0) is 36.2 Å². The second kappa shape index (κ2) is 6.00. The molecule has 3 heteroatoms. The Labute approximate surface area is 124 Å². The van der Waals surface area contributed by atoms with E-state index in [1.807, 2.05) is 30.3 Å². The molecule has 0 saturated heterocycles. The summed E-state index contributed by atoms with van der Waals surface area (Å²) >= 11 is 6.87. The van der Waals surface area contributed by atoms with Gasteiger partial charge in [0.2, 0.25) is 0 Å². The van der Waals surface area contributed by atoms with Crippen molar-refractivity contribution < 1.29 is 5.11 Å². The van der Waals surface area contributed by atoms with Crippen molar-refractivity contribution >= 4 is 31.9 Å². The monoisotopic (exact) mass is 368 g/mol. The largest absolute Gasteiger partial charge is 0.388 e. The van der Waals surface area contributed by atoms with Crippen LogP contribution >= 0.6 is 31.9 Å². The number of hydrogen-bond donors (Lipinski definition) is 1. The van der Waals surface area contributed by atoms with E-state index in [2.05, 4.69) is 50.9 Å². The molecule has 0 aliphatic carbocycles. The number of aliphatic hydroxyl groups is 1. The Hall–Kier alpha value is -0.640. The molecule has 2 rings (SSSR count). The van der Waals surface area contributed by atoms with Crippen molar-refractivity contribution in [1.82, 2.24) is 0 Å². The second-order valence-electron chi connectivity index (χ2n) is 4.41. The number of aliphatic hydroxyl groups excluding tert-OH is 1. The summed E-state index contributed by atoms with van der Waals surface area (Å²) in [6, 6.07) is 14.1. The van der Waals surface area contributed by atoms with Gasteiger partial charge in [0.15, 0.2) is 0 Å². The van der Waals surface area contributed by atoms with E-state index >= 15 is 0 Å². The van der Waals surface area contributed by atoms with Crippen molar-refractivity contribution in [1.29, 1.82) is 0 Å². The van der Waals surface area contributed by atoms with Crippen LogP contribution in [0, 0.1) is 6.92 Å². The van der Waals surface area contributed by atoms with E-state index in [0.717, 1.165) is 20.1 Å². The topological polar surface area (TPSA) is 20.2 Å². The molecular weight excluding hydrogens is 356 g/mol. The third-order valence-electron chi connectivity index (χ3n) is 2.78. The van der Waals surface area contributed by atoms with Crippen molar-refractivity contribution in [3.63, 3.8) is 0 Å². The highest BCUT2D eigenvalue weighted by Gasteiger charge is 2.10. The Morgan fingerprint density at radius 1 is 1.06 bits per heavy atom. The first kappa shape index (κ1) is 13.8. The predicted octanol–water partition coefficient (Wildman–Crippen LogP) is 4.80. The average Bonchev–Trinajstić information content (AvgIpc) is 2.27. The van der Waals surface area contributed by atoms with Crippen LogP contribution in [-0.2, 0) is 6.42 Å². The second-order valence-corrected chi connectivity index (χ2v) is 6.24. The summed E-state index contributed by atoms with van der Waals surface area (Å²) in [5.74, 6) is 0. The smallest absolute Gasteiger partial charge is 0.0831 e. The zero-order chi connectivity index (χ0) is 13.1. The van der Waals surface area contributed by atoms with Crippen LogP contribution in [0.1, 0.15) is 22.8 Å². The van der Waals surface area contributed by atoms with Gasteiger partial charge in [0, 0.05) is 15.4 Å². The highest BCUT2D eigenvalue weighted by Crippen LogP contribution is 2.26. The van der Waals surface area contributed by atoms with Gasteiger partial charge in [-0.25, -0.2) is 0 Å². The van der Waals surface area contributed by atoms with Gasteiger partial charge >= 0.3 is 0 Å². The first-order chi connectivity index (χ1) is 8.54. The van der Waals surface area contributed by atoms with Gasteiger partial charge in [0.1, 0.15) is 0 Å². The molecule has 0 aromatic heterocycles. The summed E-state index contributed by atoms with van der Waals surface area (Å²) in [6.07, 6.45) is 0.144. The minimum atomic E-state index is -0.486. The fourth-order valence-corrected chi connectivity index (χ4v) is 3.28. The van der Waals surface area contributed by atoms with Crippen LogP contribution in [0.15, 0.2) is 51.4 Å². The van der Waals surface area contributed by atoms with Crippen LogP contribution < -0.4 is 0 Å². The molecule has 18 heavy (non-hydrogen) atoms. The average molecular weight is 370 g/mol. The van der Waals surface area contributed by atoms with Crippen molar-refractivity contribution in [2.24, 2.45) is 0 Å². The van der Waals surface area contributed by atoms with E-state index in [-0.39, 0.29) is 0 Å². The molecule has 0 radical (unpaired) electrons. The van der Waals surface area contributed by atoms with E-state index in [9.17, 15) is 5.11 Å². The zero-order valence-electron chi connectivity index (χ0n) is 10.0. The molecule has 1 atom stereocenters. The van der Waals surface area contributed by atoms with Crippen LogP contribution in [-0.4, -0.2) is 5.11 Å². The summed E-state index contributed by atoms with van der Waals surface area (Å²) in [6.45, 7) is 2.06. The maximum Gasteiger partial charge on any atom is 0.0831 e. The van der Waals surface area contributed by atoms with Crippen LogP contribution in [0.2, 0.25) is 0 Å². The summed E-state index contributed by atoms with van der Waals surface area (Å²) in [5.41, 5.74) is 3.28. The van der Waals surface area contributed by atoms with Gasteiger partial charge < -0.3 is 5.11 Å². The lowest BCUT2D eigenvalue weighted by atomic mass is 10.0. The van der Waals surface area contributed by atoms with Gasteiger partial charge in [-0.2, -0.15) is 0 Å². The lowest BCUT2D eigenvalue weighted by Crippen LogP contribution is -2.02. The zero-order valence-corrected chi connectivity index (χ0v) is 13.2. The van der Waals surface area contributed by atoms with E-state index < -0.39 is 6.10 Å². The Morgan fingerprint density at radius 2 is 1.72 bits per heavy atom. The number of benzene rings is 2. The summed E-state index contributed by atoms with van der Waals surface area (Å²) in [7, 11) is 0. The van der Waals surface area contributed by atoms with E-state index in [1.165, 1.54) is 5.56 Å². The number of aryl methyl sites for hydroxylation is 1. The quantitative estimate of drug-likeness (QED) is 0.824. The molecule has 94 valence electrons. The Kier molecular flexibility index (Phi) is 4.60. The highest BCUT2D eigenvalue weighted by molar-refractivity contribution is 9.11. The normalized spacial score (nSPS) is 12.4. The maximum atomic E-state index is 10.3. The van der Waals surface area contributed by atoms with Crippen LogP contribution in [0.4, 0.5) is 0 Å². The standard InChI is InChI=1S/C15H14Br2O/c1-10-3-2-4-11(5-10)6-15(18)12-7-13(16)9-14(17)8-12/h2-5,7-9,15,18H,6H2,1H3. The fourth-order valence-electron chi connectivity index (χ4n) is 1.95. The number of halogens is 2. The molecule has 2 aromatic carbocycles. The molecule has 2 aromatic rings. The Balaban J connectivity index is 2.19. The van der Waals surface area contributed by atoms with Crippen molar-refractivity contribution in [3.8, 4) is 0 Å². The molecule has 1 nitrogen and oxygen atoms in total. The van der Waals surface area contributed by atoms with Gasteiger partial charge in [0.05, 0.1) is 6.10 Å². The molecular formula is C15H14Br2O. The van der Waals surface area contributed by atoms with Gasteiger partial charge in [-0.15, -0.1) is 0 Å². The first-order valence-corrected chi connectivity index (χ1v) is 7.33. The van der Waals surface area contributed by atoms with Gasteiger partial charge in [0.25, 0.3) is 0 Å². The maximum absolute atomic E-state index is 10.3. The minimum absolute atomic E-state index is 0.486. The molecule has 0 aliphatic heterocycles. The molecule has 0 amide bonds. The fraction of sp³-hybridized carbons (Fsp3) is 0.200. The molecule has 0 heterocycles. The van der Waals surface area contributed by atoms with E-state index in [0.29, 0.717) is 6.42 Å². The third kappa shape index (κ3) is 3.67. The van der Waals surface area contributed by atoms with E-state index in [4.69, 9.17) is 0 Å². The summed E-state index contributed by atoms with van der Waals surface area (Å²) in [5, 5.41) is 10.3. The highest BCUT2D eigenvalue weighted by atomic mass is 79.9. The molecule has 0 aliphatic rings. The molecule has 0 saturated carbocycles. The van der Waals surface area contributed by atoms with Crippen LogP contribution in [0.3, 0.4) is 0 Å². The molecule has 0 bridgehead atoms. The molecule has 0 spiro atoms. The van der Waals surface area contributed by atoms with Gasteiger partial charge in [-0.3, -0.25) is 0 Å². The summed E-state index contributed by atoms with van der Waals surface area (Å²) in [4.78, 5) is 0. The molecule has 0 fully saturated rings.